The topological polar surface area (TPSA) is 55.1 Å². The maximum Gasteiger partial charge on any atom is 0.265 e. The number of anilines is 1. The third kappa shape index (κ3) is 2.78. The first-order chi connectivity index (χ1) is 13.3. The quantitative estimate of drug-likeness (QED) is 0.426. The van der Waals surface area contributed by atoms with Crippen LogP contribution >= 0.6 is 11.3 Å². The Hall–Kier alpha value is -3.44. The Kier molecular flexibility index (Phi) is 3.73. The molecule has 0 bridgehead atoms. The lowest BCUT2D eigenvalue weighted by molar-refractivity contribution is 0.103. The van der Waals surface area contributed by atoms with Crippen molar-refractivity contribution in [2.24, 2.45) is 0 Å². The van der Waals surface area contributed by atoms with Crippen LogP contribution in [0.3, 0.4) is 0 Å². The minimum Gasteiger partial charge on any atom is -0.436 e. The zero-order chi connectivity index (χ0) is 18.2. The predicted molar refractivity (Wildman–Crippen MR) is 109 cm³/mol. The van der Waals surface area contributed by atoms with E-state index in [9.17, 15) is 4.79 Å². The number of carbonyl (C=O) groups excluding carboxylic acids is 1. The van der Waals surface area contributed by atoms with Gasteiger partial charge in [0.2, 0.25) is 5.89 Å². The van der Waals surface area contributed by atoms with Crippen LogP contribution < -0.4 is 5.32 Å². The van der Waals surface area contributed by atoms with E-state index in [1.807, 2.05) is 66.0 Å². The van der Waals surface area contributed by atoms with Gasteiger partial charge in [-0.15, -0.1) is 11.3 Å². The predicted octanol–water partition coefficient (Wildman–Crippen LogP) is 5.96. The maximum absolute atomic E-state index is 12.5. The highest BCUT2D eigenvalue weighted by molar-refractivity contribution is 7.12. The highest BCUT2D eigenvalue weighted by atomic mass is 32.1. The Labute approximate surface area is 159 Å². The summed E-state index contributed by atoms with van der Waals surface area (Å²) in [5.41, 5.74) is 2.97. The summed E-state index contributed by atoms with van der Waals surface area (Å²) >= 11 is 1.41. The number of thiophene rings is 1. The molecule has 0 aliphatic carbocycles. The second kappa shape index (κ2) is 6.37. The Morgan fingerprint density at radius 1 is 0.926 bits per heavy atom. The van der Waals surface area contributed by atoms with E-state index in [-0.39, 0.29) is 5.91 Å². The van der Waals surface area contributed by atoms with E-state index in [1.165, 1.54) is 11.3 Å². The fourth-order valence-corrected chi connectivity index (χ4v) is 3.77. The van der Waals surface area contributed by atoms with Gasteiger partial charge in [-0.05, 0) is 35.0 Å². The fourth-order valence-electron chi connectivity index (χ4n) is 3.15. The first-order valence-corrected chi connectivity index (χ1v) is 9.40. The number of nitrogens with zero attached hydrogens (tertiary/aromatic N) is 1. The molecule has 27 heavy (non-hydrogen) atoms. The first-order valence-electron chi connectivity index (χ1n) is 8.52. The molecule has 0 atom stereocenters. The van der Waals surface area contributed by atoms with Crippen LogP contribution in [-0.4, -0.2) is 10.9 Å². The number of hydrogen-bond donors (Lipinski definition) is 1. The lowest BCUT2D eigenvalue weighted by Crippen LogP contribution is -2.10. The first kappa shape index (κ1) is 15.8. The number of amides is 1. The lowest BCUT2D eigenvalue weighted by Gasteiger charge is -2.07. The van der Waals surface area contributed by atoms with Gasteiger partial charge < -0.3 is 9.73 Å². The number of para-hydroxylation sites is 1. The number of hydrogen-bond acceptors (Lipinski definition) is 4. The molecule has 0 unspecified atom stereocenters. The molecule has 1 N–H and O–H groups in total. The molecular weight excluding hydrogens is 356 g/mol. The number of oxazole rings is 1. The molecule has 130 valence electrons. The average molecular weight is 370 g/mol. The van der Waals surface area contributed by atoms with Crippen LogP contribution in [0, 0.1) is 0 Å². The van der Waals surface area contributed by atoms with Gasteiger partial charge in [0.1, 0.15) is 5.52 Å². The van der Waals surface area contributed by atoms with Crippen molar-refractivity contribution >= 4 is 44.8 Å². The molecule has 2 heterocycles. The van der Waals surface area contributed by atoms with Crippen LogP contribution in [-0.2, 0) is 0 Å². The van der Waals surface area contributed by atoms with Crippen LogP contribution in [0.5, 0.6) is 0 Å². The van der Waals surface area contributed by atoms with E-state index >= 15 is 0 Å². The summed E-state index contributed by atoms with van der Waals surface area (Å²) in [5.74, 6) is 0.349. The van der Waals surface area contributed by atoms with Crippen molar-refractivity contribution in [3.8, 4) is 11.5 Å². The smallest absolute Gasteiger partial charge is 0.265 e. The number of nitrogens with one attached hydrogen (secondary N) is 1. The SMILES string of the molecule is O=C(Nc1ccccc1-c1nc2c(ccc3ccccc32)o1)c1cccs1. The van der Waals surface area contributed by atoms with E-state index in [1.54, 1.807) is 6.07 Å². The molecule has 4 nitrogen and oxygen atoms in total. The van der Waals surface area contributed by atoms with Crippen molar-refractivity contribution < 1.29 is 9.21 Å². The number of carbonyl (C=O) groups is 1. The summed E-state index contributed by atoms with van der Waals surface area (Å²) in [4.78, 5) is 17.8. The van der Waals surface area contributed by atoms with Crippen LogP contribution in [0.25, 0.3) is 33.3 Å². The zero-order valence-electron chi connectivity index (χ0n) is 14.2. The van der Waals surface area contributed by atoms with Gasteiger partial charge in [-0.25, -0.2) is 4.98 Å². The monoisotopic (exact) mass is 370 g/mol. The van der Waals surface area contributed by atoms with Gasteiger partial charge in [0.05, 0.1) is 16.1 Å². The van der Waals surface area contributed by atoms with Crippen LogP contribution in [0.2, 0.25) is 0 Å². The third-order valence-corrected chi connectivity index (χ3v) is 5.30. The third-order valence-electron chi connectivity index (χ3n) is 4.43. The van der Waals surface area contributed by atoms with Crippen LogP contribution in [0.1, 0.15) is 9.67 Å². The molecule has 1 amide bonds. The summed E-state index contributed by atoms with van der Waals surface area (Å²) < 4.78 is 6.02. The van der Waals surface area contributed by atoms with Crippen LogP contribution in [0.15, 0.2) is 82.6 Å². The van der Waals surface area contributed by atoms with E-state index in [0.717, 1.165) is 27.4 Å². The molecule has 3 aromatic carbocycles. The van der Waals surface area contributed by atoms with Crippen molar-refractivity contribution in [3.05, 3.63) is 83.1 Å². The van der Waals surface area contributed by atoms with Crippen molar-refractivity contribution in [2.75, 3.05) is 5.32 Å². The second-order valence-corrected chi connectivity index (χ2v) is 7.08. The number of rotatable bonds is 3. The molecule has 0 saturated heterocycles. The minimum atomic E-state index is -0.140. The van der Waals surface area contributed by atoms with E-state index < -0.39 is 0 Å². The number of benzene rings is 3. The molecule has 5 heteroatoms. The summed E-state index contributed by atoms with van der Waals surface area (Å²) in [6.45, 7) is 0. The lowest BCUT2D eigenvalue weighted by atomic mass is 10.1. The van der Waals surface area contributed by atoms with Crippen molar-refractivity contribution in [1.29, 1.82) is 0 Å². The molecule has 0 aliphatic rings. The van der Waals surface area contributed by atoms with Crippen molar-refractivity contribution in [3.63, 3.8) is 0 Å². The van der Waals surface area contributed by atoms with Crippen molar-refractivity contribution in [2.45, 2.75) is 0 Å². The number of fused-ring (bicyclic) bond motifs is 3. The normalized spacial score (nSPS) is 11.1. The highest BCUT2D eigenvalue weighted by Gasteiger charge is 2.16. The van der Waals surface area contributed by atoms with E-state index in [4.69, 9.17) is 9.40 Å². The zero-order valence-corrected chi connectivity index (χ0v) is 15.0. The van der Waals surface area contributed by atoms with E-state index in [0.29, 0.717) is 16.5 Å². The van der Waals surface area contributed by atoms with Gasteiger partial charge in [0, 0.05) is 5.39 Å². The van der Waals surface area contributed by atoms with Gasteiger partial charge in [-0.3, -0.25) is 4.79 Å². The Morgan fingerprint density at radius 2 is 1.78 bits per heavy atom. The summed E-state index contributed by atoms with van der Waals surface area (Å²) in [5, 5.41) is 7.01. The molecule has 0 fully saturated rings. The molecule has 5 rings (SSSR count). The van der Waals surface area contributed by atoms with Gasteiger partial charge >= 0.3 is 0 Å². The van der Waals surface area contributed by atoms with Gasteiger partial charge in [0.25, 0.3) is 5.91 Å². The fraction of sp³-hybridized carbons (Fsp3) is 0. The summed E-state index contributed by atoms with van der Waals surface area (Å²) in [6, 6.07) is 23.2. The van der Waals surface area contributed by atoms with Gasteiger partial charge in [0.15, 0.2) is 5.58 Å². The largest absolute Gasteiger partial charge is 0.436 e. The Bertz CT molecular complexity index is 1270. The molecule has 0 aliphatic heterocycles. The van der Waals surface area contributed by atoms with Crippen LogP contribution in [0.4, 0.5) is 5.69 Å². The Morgan fingerprint density at radius 3 is 2.67 bits per heavy atom. The average Bonchev–Trinajstić information content (AvgIpc) is 3.38. The molecule has 0 radical (unpaired) electrons. The minimum absolute atomic E-state index is 0.140. The molecule has 0 saturated carbocycles. The van der Waals surface area contributed by atoms with Gasteiger partial charge in [-0.2, -0.15) is 0 Å². The summed E-state index contributed by atoms with van der Waals surface area (Å²) in [7, 11) is 0. The molecule has 5 aromatic rings. The van der Waals surface area contributed by atoms with Crippen molar-refractivity contribution in [1.82, 2.24) is 4.98 Å². The van der Waals surface area contributed by atoms with E-state index in [2.05, 4.69) is 11.4 Å². The summed E-state index contributed by atoms with van der Waals surface area (Å²) in [6.07, 6.45) is 0. The standard InChI is InChI=1S/C22H14N2O2S/c25-21(19-10-5-13-27-19)23-17-9-4-3-8-16(17)22-24-20-15-7-2-1-6-14(15)11-12-18(20)26-22/h1-13H,(H,23,25). The highest BCUT2D eigenvalue weighted by Crippen LogP contribution is 2.33. The Balaban J connectivity index is 1.61. The molecule has 0 spiro atoms. The maximum atomic E-state index is 12.5. The van der Waals surface area contributed by atoms with Gasteiger partial charge in [-0.1, -0.05) is 48.5 Å². The molecule has 2 aromatic heterocycles. The second-order valence-electron chi connectivity index (χ2n) is 6.13. The number of aromatic nitrogens is 1. The molecular formula is C22H14N2O2S.